The van der Waals surface area contributed by atoms with Gasteiger partial charge in [0.2, 0.25) is 5.91 Å². The van der Waals surface area contributed by atoms with Gasteiger partial charge in [-0.15, -0.1) is 0 Å². The van der Waals surface area contributed by atoms with Gasteiger partial charge in [-0.3, -0.25) is 4.79 Å². The van der Waals surface area contributed by atoms with Gasteiger partial charge in [-0.25, -0.2) is 0 Å². The molecule has 3 nitrogen and oxygen atoms in total. The predicted octanol–water partition coefficient (Wildman–Crippen LogP) is 2.66. The Kier molecular flexibility index (Phi) is 4.48. The van der Waals surface area contributed by atoms with E-state index in [2.05, 4.69) is 24.4 Å². The zero-order valence-electron chi connectivity index (χ0n) is 12.8. The van der Waals surface area contributed by atoms with Crippen LogP contribution in [0.15, 0.2) is 24.3 Å². The van der Waals surface area contributed by atoms with Crippen molar-refractivity contribution in [1.82, 2.24) is 5.32 Å². The highest BCUT2D eigenvalue weighted by Crippen LogP contribution is 2.25. The van der Waals surface area contributed by atoms with Crippen LogP contribution in [-0.4, -0.2) is 18.0 Å². The smallest absolute Gasteiger partial charge is 0.230 e. The number of hydrogen-bond acceptors (Lipinski definition) is 2. The van der Waals surface area contributed by atoms with Crippen molar-refractivity contribution in [3.05, 3.63) is 35.4 Å². The number of rotatable bonds is 3. The molecular weight excluding hydrogens is 248 g/mol. The highest BCUT2D eigenvalue weighted by Gasteiger charge is 2.31. The van der Waals surface area contributed by atoms with Gasteiger partial charge in [-0.2, -0.15) is 0 Å². The Hall–Kier alpha value is -1.35. The van der Waals surface area contributed by atoms with Gasteiger partial charge in [0.1, 0.15) is 0 Å². The SMILES string of the molecule is Cc1ccc(C(C)(C)C(=O)NC2CCC(N)CC2)cc1. The van der Waals surface area contributed by atoms with Crippen LogP contribution < -0.4 is 11.1 Å². The molecule has 0 heterocycles. The first-order valence-electron chi connectivity index (χ1n) is 7.53. The molecule has 1 aromatic carbocycles. The molecule has 1 aromatic rings. The quantitative estimate of drug-likeness (QED) is 0.890. The van der Waals surface area contributed by atoms with E-state index in [9.17, 15) is 4.79 Å². The zero-order chi connectivity index (χ0) is 14.8. The van der Waals surface area contributed by atoms with Crippen molar-refractivity contribution in [3.8, 4) is 0 Å². The number of amides is 1. The van der Waals surface area contributed by atoms with E-state index < -0.39 is 5.41 Å². The average molecular weight is 274 g/mol. The lowest BCUT2D eigenvalue weighted by molar-refractivity contribution is -0.126. The lowest BCUT2D eigenvalue weighted by atomic mass is 9.82. The molecular formula is C17H26N2O. The summed E-state index contributed by atoms with van der Waals surface area (Å²) in [6.45, 7) is 6.03. The van der Waals surface area contributed by atoms with E-state index in [-0.39, 0.29) is 11.9 Å². The Morgan fingerprint density at radius 2 is 1.70 bits per heavy atom. The maximum atomic E-state index is 12.6. The summed E-state index contributed by atoms with van der Waals surface area (Å²) in [7, 11) is 0. The second kappa shape index (κ2) is 5.96. The topological polar surface area (TPSA) is 55.1 Å². The first-order valence-corrected chi connectivity index (χ1v) is 7.53. The third-order valence-electron chi connectivity index (χ3n) is 4.45. The summed E-state index contributed by atoms with van der Waals surface area (Å²) >= 11 is 0. The van der Waals surface area contributed by atoms with E-state index in [1.54, 1.807) is 0 Å². The van der Waals surface area contributed by atoms with Crippen molar-refractivity contribution < 1.29 is 4.79 Å². The molecule has 0 atom stereocenters. The van der Waals surface area contributed by atoms with E-state index in [1.807, 2.05) is 26.0 Å². The third-order valence-corrected chi connectivity index (χ3v) is 4.45. The highest BCUT2D eigenvalue weighted by atomic mass is 16.2. The number of hydrogen-bond donors (Lipinski definition) is 2. The molecule has 3 heteroatoms. The Morgan fingerprint density at radius 3 is 2.25 bits per heavy atom. The maximum Gasteiger partial charge on any atom is 0.230 e. The van der Waals surface area contributed by atoms with Crippen LogP contribution >= 0.6 is 0 Å². The van der Waals surface area contributed by atoms with E-state index in [0.717, 1.165) is 31.2 Å². The van der Waals surface area contributed by atoms with Gasteiger partial charge in [0.25, 0.3) is 0 Å². The molecule has 0 saturated heterocycles. The molecule has 2 rings (SSSR count). The Labute approximate surface area is 121 Å². The van der Waals surface area contributed by atoms with Gasteiger partial charge in [0, 0.05) is 12.1 Å². The highest BCUT2D eigenvalue weighted by molar-refractivity contribution is 5.87. The summed E-state index contributed by atoms with van der Waals surface area (Å²) in [4.78, 5) is 12.6. The van der Waals surface area contributed by atoms with Crippen LogP contribution in [-0.2, 0) is 10.2 Å². The standard InChI is InChI=1S/C17H26N2O/c1-12-4-6-13(7-5-12)17(2,3)16(20)19-15-10-8-14(18)9-11-15/h4-7,14-15H,8-11,18H2,1-3H3,(H,19,20). The summed E-state index contributed by atoms with van der Waals surface area (Å²) < 4.78 is 0. The normalized spacial score (nSPS) is 23.4. The fraction of sp³-hybridized carbons (Fsp3) is 0.588. The van der Waals surface area contributed by atoms with Gasteiger partial charge in [-0.05, 0) is 52.0 Å². The van der Waals surface area contributed by atoms with Crippen LogP contribution in [0.3, 0.4) is 0 Å². The molecule has 0 bridgehead atoms. The van der Waals surface area contributed by atoms with Gasteiger partial charge >= 0.3 is 0 Å². The third kappa shape index (κ3) is 3.40. The van der Waals surface area contributed by atoms with Gasteiger partial charge in [0.05, 0.1) is 5.41 Å². The fourth-order valence-corrected chi connectivity index (χ4v) is 2.73. The summed E-state index contributed by atoms with van der Waals surface area (Å²) in [6.07, 6.45) is 4.01. The molecule has 0 aromatic heterocycles. The van der Waals surface area contributed by atoms with Crippen LogP contribution in [0.2, 0.25) is 0 Å². The van der Waals surface area contributed by atoms with E-state index in [0.29, 0.717) is 6.04 Å². The fourth-order valence-electron chi connectivity index (χ4n) is 2.73. The average Bonchev–Trinajstić information content (AvgIpc) is 2.42. The van der Waals surface area contributed by atoms with Crippen LogP contribution in [0.1, 0.15) is 50.7 Å². The van der Waals surface area contributed by atoms with Crippen molar-refractivity contribution in [1.29, 1.82) is 0 Å². The first-order chi connectivity index (χ1) is 9.39. The molecule has 1 aliphatic rings. The molecule has 1 saturated carbocycles. The summed E-state index contributed by atoms with van der Waals surface area (Å²) in [5.41, 5.74) is 7.69. The van der Waals surface area contributed by atoms with Crippen molar-refractivity contribution in [2.24, 2.45) is 5.73 Å². The summed E-state index contributed by atoms with van der Waals surface area (Å²) in [5.74, 6) is 0.113. The number of carbonyl (C=O) groups excluding carboxylic acids is 1. The van der Waals surface area contributed by atoms with Gasteiger partial charge in [0.15, 0.2) is 0 Å². The van der Waals surface area contributed by atoms with Crippen molar-refractivity contribution in [2.45, 2.75) is 64.0 Å². The van der Waals surface area contributed by atoms with Crippen LogP contribution in [0, 0.1) is 6.92 Å². The van der Waals surface area contributed by atoms with E-state index >= 15 is 0 Å². The van der Waals surface area contributed by atoms with Crippen molar-refractivity contribution in [2.75, 3.05) is 0 Å². The monoisotopic (exact) mass is 274 g/mol. The van der Waals surface area contributed by atoms with Gasteiger partial charge < -0.3 is 11.1 Å². The minimum atomic E-state index is -0.493. The number of benzene rings is 1. The minimum absolute atomic E-state index is 0.113. The molecule has 1 fully saturated rings. The molecule has 1 amide bonds. The molecule has 3 N–H and O–H groups in total. The van der Waals surface area contributed by atoms with Gasteiger partial charge in [-0.1, -0.05) is 29.8 Å². The molecule has 0 unspecified atom stereocenters. The van der Waals surface area contributed by atoms with Crippen molar-refractivity contribution >= 4 is 5.91 Å². The van der Waals surface area contributed by atoms with E-state index in [1.165, 1.54) is 5.56 Å². The molecule has 110 valence electrons. The Morgan fingerprint density at radius 1 is 1.15 bits per heavy atom. The predicted molar refractivity (Wildman–Crippen MR) is 82.6 cm³/mol. The second-order valence-electron chi connectivity index (χ2n) is 6.58. The lowest BCUT2D eigenvalue weighted by Crippen LogP contribution is -2.47. The summed E-state index contributed by atoms with van der Waals surface area (Å²) in [6, 6.07) is 8.81. The van der Waals surface area contributed by atoms with Crippen LogP contribution in [0.25, 0.3) is 0 Å². The number of carbonyl (C=O) groups is 1. The van der Waals surface area contributed by atoms with E-state index in [4.69, 9.17) is 5.73 Å². The Balaban J connectivity index is 2.01. The van der Waals surface area contributed by atoms with Crippen molar-refractivity contribution in [3.63, 3.8) is 0 Å². The number of nitrogens with one attached hydrogen (secondary N) is 1. The number of aryl methyl sites for hydroxylation is 1. The second-order valence-corrected chi connectivity index (χ2v) is 6.58. The maximum absolute atomic E-state index is 12.6. The lowest BCUT2D eigenvalue weighted by Gasteiger charge is -2.31. The minimum Gasteiger partial charge on any atom is -0.353 e. The summed E-state index contributed by atoms with van der Waals surface area (Å²) in [5, 5.41) is 3.20. The Bertz CT molecular complexity index is 456. The molecule has 20 heavy (non-hydrogen) atoms. The first kappa shape index (κ1) is 15.0. The largest absolute Gasteiger partial charge is 0.353 e. The zero-order valence-corrected chi connectivity index (χ0v) is 12.8. The number of nitrogens with two attached hydrogens (primary N) is 1. The van der Waals surface area contributed by atoms with Crippen LogP contribution in [0.4, 0.5) is 0 Å². The molecule has 0 aliphatic heterocycles. The molecule has 0 radical (unpaired) electrons. The molecule has 0 spiro atoms. The van der Waals surface area contributed by atoms with Crippen LogP contribution in [0.5, 0.6) is 0 Å². The molecule has 1 aliphatic carbocycles.